The summed E-state index contributed by atoms with van der Waals surface area (Å²) in [5.74, 6) is 0.876. The van der Waals surface area contributed by atoms with Crippen molar-refractivity contribution < 1.29 is 4.79 Å². The van der Waals surface area contributed by atoms with Crippen molar-refractivity contribution in [3.05, 3.63) is 20.8 Å². The van der Waals surface area contributed by atoms with Crippen LogP contribution in [0.4, 0.5) is 0 Å². The van der Waals surface area contributed by atoms with E-state index in [1.807, 2.05) is 12.3 Å². The number of thiophene rings is 1. The molecule has 1 atom stereocenters. The quantitative estimate of drug-likeness (QED) is 0.802. The van der Waals surface area contributed by atoms with Crippen LogP contribution in [0.5, 0.6) is 0 Å². The van der Waals surface area contributed by atoms with E-state index in [0.717, 1.165) is 22.4 Å². The predicted octanol–water partition coefficient (Wildman–Crippen LogP) is 2.25. The molecule has 0 bridgehead atoms. The number of thioether (sulfide) groups is 1. The minimum Gasteiger partial charge on any atom is -0.354 e. The Morgan fingerprint density at radius 2 is 2.41 bits per heavy atom. The van der Waals surface area contributed by atoms with Gasteiger partial charge in [0.15, 0.2) is 0 Å². The van der Waals surface area contributed by atoms with Gasteiger partial charge in [-0.2, -0.15) is 11.8 Å². The summed E-state index contributed by atoms with van der Waals surface area (Å²) in [7, 11) is 0. The molecule has 0 aromatic carbocycles. The van der Waals surface area contributed by atoms with E-state index in [2.05, 4.69) is 27.3 Å². The molecule has 0 saturated carbocycles. The Hall–Kier alpha value is -0.0400. The second-order valence-corrected chi connectivity index (χ2v) is 7.17. The van der Waals surface area contributed by atoms with Gasteiger partial charge in [-0.3, -0.25) is 4.79 Å². The van der Waals surface area contributed by atoms with Crippen molar-refractivity contribution in [3.63, 3.8) is 0 Å². The van der Waals surface area contributed by atoms with Crippen molar-refractivity contribution in [1.82, 2.24) is 5.32 Å². The average molecular weight is 337 g/mol. The lowest BCUT2D eigenvalue weighted by Crippen LogP contribution is -2.41. The maximum Gasteiger partial charge on any atom is 0.236 e. The fraction of sp³-hybridized carbons (Fsp3) is 0.545. The number of amides is 1. The van der Waals surface area contributed by atoms with Crippen molar-refractivity contribution in [2.45, 2.75) is 18.9 Å². The molecule has 0 spiro atoms. The lowest BCUT2D eigenvalue weighted by Gasteiger charge is -2.10. The van der Waals surface area contributed by atoms with Crippen LogP contribution >= 0.6 is 39.0 Å². The van der Waals surface area contributed by atoms with Gasteiger partial charge in [0.1, 0.15) is 0 Å². The maximum absolute atomic E-state index is 11.6. The molecule has 96 valence electrons. The summed E-state index contributed by atoms with van der Waals surface area (Å²) >= 11 is 6.81. The van der Waals surface area contributed by atoms with Crippen LogP contribution in [-0.2, 0) is 11.2 Å². The number of carbonyl (C=O) groups is 1. The van der Waals surface area contributed by atoms with Crippen molar-refractivity contribution in [1.29, 1.82) is 0 Å². The first kappa shape index (κ1) is 15.0. The first-order valence-corrected chi connectivity index (χ1v) is 8.40. The molecule has 0 fully saturated rings. The summed E-state index contributed by atoms with van der Waals surface area (Å²) in [6.07, 6.45) is 3.61. The molecule has 0 saturated heterocycles. The van der Waals surface area contributed by atoms with E-state index in [-0.39, 0.29) is 11.9 Å². The zero-order valence-corrected chi connectivity index (χ0v) is 13.0. The molecule has 17 heavy (non-hydrogen) atoms. The number of hydrogen-bond donors (Lipinski definition) is 2. The zero-order valence-electron chi connectivity index (χ0n) is 9.74. The van der Waals surface area contributed by atoms with Crippen molar-refractivity contribution in [2.75, 3.05) is 18.6 Å². The van der Waals surface area contributed by atoms with Gasteiger partial charge < -0.3 is 11.1 Å². The Bertz CT molecular complexity index is 357. The van der Waals surface area contributed by atoms with E-state index in [9.17, 15) is 4.79 Å². The van der Waals surface area contributed by atoms with Gasteiger partial charge in [0.25, 0.3) is 0 Å². The molecule has 0 aliphatic rings. The van der Waals surface area contributed by atoms with E-state index in [4.69, 9.17) is 5.73 Å². The molecular weight excluding hydrogens is 320 g/mol. The first-order valence-electron chi connectivity index (χ1n) is 5.40. The maximum atomic E-state index is 11.6. The molecule has 6 heteroatoms. The summed E-state index contributed by atoms with van der Waals surface area (Å²) in [4.78, 5) is 12.9. The van der Waals surface area contributed by atoms with Crippen LogP contribution in [0.3, 0.4) is 0 Å². The second kappa shape index (κ2) is 8.13. The molecule has 0 radical (unpaired) electrons. The van der Waals surface area contributed by atoms with Gasteiger partial charge in [-0.15, -0.1) is 11.3 Å². The highest BCUT2D eigenvalue weighted by Crippen LogP contribution is 2.21. The summed E-state index contributed by atoms with van der Waals surface area (Å²) in [6, 6.07) is 3.71. The molecule has 3 nitrogen and oxygen atoms in total. The SMILES string of the molecule is CSCC[C@H](N)C(=O)NCCc1ccc(Br)s1. The highest BCUT2D eigenvalue weighted by Gasteiger charge is 2.11. The van der Waals surface area contributed by atoms with Gasteiger partial charge in [0.2, 0.25) is 5.91 Å². The third kappa shape index (κ3) is 5.90. The Labute approximate surface area is 119 Å². The number of nitrogens with one attached hydrogen (secondary N) is 1. The Morgan fingerprint density at radius 1 is 1.65 bits per heavy atom. The summed E-state index contributed by atoms with van der Waals surface area (Å²) < 4.78 is 1.12. The topological polar surface area (TPSA) is 55.1 Å². The van der Waals surface area contributed by atoms with Crippen LogP contribution in [0, 0.1) is 0 Å². The standard InChI is InChI=1S/C11H17BrN2OS2/c1-16-7-5-9(13)11(15)14-6-4-8-2-3-10(12)17-8/h2-3,9H,4-7,13H2,1H3,(H,14,15)/t9-/m0/s1. The number of rotatable bonds is 7. The van der Waals surface area contributed by atoms with Crippen LogP contribution < -0.4 is 11.1 Å². The number of nitrogens with two attached hydrogens (primary N) is 1. The molecule has 0 unspecified atom stereocenters. The second-order valence-electron chi connectivity index (χ2n) is 3.63. The summed E-state index contributed by atoms with van der Waals surface area (Å²) in [5, 5.41) is 2.87. The monoisotopic (exact) mass is 336 g/mol. The van der Waals surface area contributed by atoms with Gasteiger partial charge in [0, 0.05) is 11.4 Å². The molecule has 0 aliphatic heterocycles. The molecule has 1 aromatic rings. The molecule has 0 aliphatic carbocycles. The fourth-order valence-electron chi connectivity index (χ4n) is 1.30. The van der Waals surface area contributed by atoms with Crippen LogP contribution in [-0.4, -0.2) is 30.5 Å². The Balaban J connectivity index is 2.19. The molecule has 1 amide bonds. The van der Waals surface area contributed by atoms with Gasteiger partial charge >= 0.3 is 0 Å². The molecule has 1 heterocycles. The smallest absolute Gasteiger partial charge is 0.236 e. The predicted molar refractivity (Wildman–Crippen MR) is 79.7 cm³/mol. The summed E-state index contributed by atoms with van der Waals surface area (Å²) in [6.45, 7) is 0.652. The minimum atomic E-state index is -0.377. The molecule has 1 aromatic heterocycles. The third-order valence-corrected chi connectivity index (χ3v) is 4.60. The van der Waals surface area contributed by atoms with Gasteiger partial charge in [-0.1, -0.05) is 0 Å². The van der Waals surface area contributed by atoms with E-state index in [1.165, 1.54) is 4.88 Å². The largest absolute Gasteiger partial charge is 0.354 e. The Morgan fingerprint density at radius 3 is 3.00 bits per heavy atom. The van der Waals surface area contributed by atoms with E-state index in [0.29, 0.717) is 6.54 Å². The minimum absolute atomic E-state index is 0.0466. The van der Waals surface area contributed by atoms with E-state index >= 15 is 0 Å². The van der Waals surface area contributed by atoms with E-state index in [1.54, 1.807) is 23.1 Å². The highest BCUT2D eigenvalue weighted by molar-refractivity contribution is 9.11. The van der Waals surface area contributed by atoms with Gasteiger partial charge in [-0.25, -0.2) is 0 Å². The van der Waals surface area contributed by atoms with Gasteiger partial charge in [0.05, 0.1) is 9.83 Å². The van der Waals surface area contributed by atoms with Gasteiger partial charge in [-0.05, 0) is 52.9 Å². The zero-order chi connectivity index (χ0) is 12.7. The van der Waals surface area contributed by atoms with Crippen LogP contribution in [0.15, 0.2) is 15.9 Å². The van der Waals surface area contributed by atoms with Crippen molar-refractivity contribution >= 4 is 44.9 Å². The molecule has 3 N–H and O–H groups in total. The van der Waals surface area contributed by atoms with Crippen LogP contribution in [0.1, 0.15) is 11.3 Å². The number of carbonyl (C=O) groups excluding carboxylic acids is 1. The normalized spacial score (nSPS) is 12.4. The lowest BCUT2D eigenvalue weighted by molar-refractivity contribution is -0.122. The molecular formula is C11H17BrN2OS2. The highest BCUT2D eigenvalue weighted by atomic mass is 79.9. The lowest BCUT2D eigenvalue weighted by atomic mass is 10.2. The first-order chi connectivity index (χ1) is 8.13. The summed E-state index contributed by atoms with van der Waals surface area (Å²) in [5.41, 5.74) is 5.76. The van der Waals surface area contributed by atoms with Crippen molar-refractivity contribution in [2.24, 2.45) is 5.73 Å². The van der Waals surface area contributed by atoms with Crippen LogP contribution in [0.25, 0.3) is 0 Å². The fourth-order valence-corrected chi connectivity index (χ4v) is 3.27. The van der Waals surface area contributed by atoms with Crippen LogP contribution in [0.2, 0.25) is 0 Å². The molecule has 1 rings (SSSR count). The number of halogens is 1. The third-order valence-electron chi connectivity index (χ3n) is 2.27. The number of hydrogen-bond acceptors (Lipinski definition) is 4. The Kier molecular flexibility index (Phi) is 7.18. The van der Waals surface area contributed by atoms with Crippen molar-refractivity contribution in [3.8, 4) is 0 Å². The van der Waals surface area contributed by atoms with E-state index < -0.39 is 0 Å². The average Bonchev–Trinajstić information content (AvgIpc) is 2.71.